The first kappa shape index (κ1) is 19.9. The number of carbonyl (C=O) groups is 1. The predicted octanol–water partition coefficient (Wildman–Crippen LogP) is 3.22. The summed E-state index contributed by atoms with van der Waals surface area (Å²) in [6, 6.07) is 17.8. The zero-order valence-electron chi connectivity index (χ0n) is 15.8. The molecule has 6 nitrogen and oxygen atoms in total. The summed E-state index contributed by atoms with van der Waals surface area (Å²) < 4.78 is 26.6. The van der Waals surface area contributed by atoms with Gasteiger partial charge in [0.05, 0.1) is 16.3 Å². The molecule has 2 heterocycles. The second-order valence-electron chi connectivity index (χ2n) is 6.44. The van der Waals surface area contributed by atoms with Crippen molar-refractivity contribution in [2.45, 2.75) is 11.3 Å². The minimum atomic E-state index is -3.57. The summed E-state index contributed by atoms with van der Waals surface area (Å²) in [6.07, 6.45) is 0.124. The van der Waals surface area contributed by atoms with Gasteiger partial charge in [-0.15, -0.1) is 11.3 Å². The number of nitrogens with zero attached hydrogens (tertiary/aromatic N) is 1. The highest BCUT2D eigenvalue weighted by Crippen LogP contribution is 2.22. The van der Waals surface area contributed by atoms with Crippen LogP contribution in [0.2, 0.25) is 0 Å². The van der Waals surface area contributed by atoms with Crippen LogP contribution in [-0.4, -0.2) is 26.7 Å². The number of rotatable bonds is 4. The molecule has 1 aromatic heterocycles. The Bertz CT molecular complexity index is 1280. The molecule has 0 saturated carbocycles. The van der Waals surface area contributed by atoms with E-state index in [0.717, 1.165) is 10.4 Å². The minimum Gasteiger partial charge on any atom is -0.326 e. The van der Waals surface area contributed by atoms with Gasteiger partial charge in [0.15, 0.2) is 0 Å². The number of aliphatic imine (C=N–C) groups is 1. The molecular formula is C22H17N3O3S2. The summed E-state index contributed by atoms with van der Waals surface area (Å²) >= 11 is 1.57. The molecule has 0 bridgehead atoms. The summed E-state index contributed by atoms with van der Waals surface area (Å²) in [7, 11) is -3.57. The summed E-state index contributed by atoms with van der Waals surface area (Å²) in [5, 5.41) is 4.80. The van der Waals surface area contributed by atoms with Crippen LogP contribution >= 0.6 is 11.3 Å². The second kappa shape index (κ2) is 8.53. The number of hydrogen-bond acceptors (Lipinski definition) is 5. The fraction of sp³-hybridized carbons (Fsp3) is 0.0909. The third-order valence-electron chi connectivity index (χ3n) is 4.27. The Morgan fingerprint density at radius 2 is 1.93 bits per heavy atom. The van der Waals surface area contributed by atoms with Crippen molar-refractivity contribution in [3.05, 3.63) is 82.0 Å². The first-order valence-electron chi connectivity index (χ1n) is 9.13. The van der Waals surface area contributed by atoms with Crippen molar-refractivity contribution in [3.63, 3.8) is 0 Å². The number of amidine groups is 1. The second-order valence-corrected chi connectivity index (χ2v) is 9.04. The molecule has 1 aliphatic heterocycles. The van der Waals surface area contributed by atoms with Gasteiger partial charge in [0.1, 0.15) is 5.84 Å². The number of fused-ring (bicyclic) bond motifs is 1. The maximum Gasteiger partial charge on any atom is 0.263 e. The molecule has 30 heavy (non-hydrogen) atoms. The lowest BCUT2D eigenvalue weighted by molar-refractivity contribution is -0.116. The first-order valence-corrected chi connectivity index (χ1v) is 11.5. The molecule has 8 heteroatoms. The molecule has 0 spiro atoms. The molecule has 0 atom stereocenters. The molecule has 2 N–H and O–H groups in total. The van der Waals surface area contributed by atoms with Gasteiger partial charge in [-0.05, 0) is 41.8 Å². The van der Waals surface area contributed by atoms with Crippen LogP contribution in [0.25, 0.3) is 0 Å². The number of benzene rings is 2. The van der Waals surface area contributed by atoms with Crippen molar-refractivity contribution in [2.75, 3.05) is 11.9 Å². The van der Waals surface area contributed by atoms with E-state index in [0.29, 0.717) is 11.3 Å². The Hall–Kier alpha value is -3.41. The lowest BCUT2D eigenvalue weighted by atomic mass is 10.2. The van der Waals surface area contributed by atoms with Crippen molar-refractivity contribution in [2.24, 2.45) is 4.99 Å². The third-order valence-corrected chi connectivity index (χ3v) is 6.45. The van der Waals surface area contributed by atoms with Crippen LogP contribution in [0.5, 0.6) is 0 Å². The van der Waals surface area contributed by atoms with Crippen molar-refractivity contribution < 1.29 is 13.2 Å². The smallest absolute Gasteiger partial charge is 0.263 e. The highest BCUT2D eigenvalue weighted by atomic mass is 32.2. The van der Waals surface area contributed by atoms with Gasteiger partial charge in [-0.3, -0.25) is 14.5 Å². The van der Waals surface area contributed by atoms with Gasteiger partial charge in [0.2, 0.25) is 5.91 Å². The lowest BCUT2D eigenvalue weighted by Crippen LogP contribution is -2.23. The topological polar surface area (TPSA) is 87.6 Å². The summed E-state index contributed by atoms with van der Waals surface area (Å²) in [6.45, 7) is 0.163. The van der Waals surface area contributed by atoms with Crippen LogP contribution in [0.3, 0.4) is 0 Å². The largest absolute Gasteiger partial charge is 0.326 e. The van der Waals surface area contributed by atoms with E-state index in [1.165, 1.54) is 6.07 Å². The lowest BCUT2D eigenvalue weighted by Gasteiger charge is -2.05. The van der Waals surface area contributed by atoms with Gasteiger partial charge >= 0.3 is 0 Å². The van der Waals surface area contributed by atoms with Crippen molar-refractivity contribution in [1.29, 1.82) is 0 Å². The van der Waals surface area contributed by atoms with Crippen molar-refractivity contribution >= 4 is 38.8 Å². The van der Waals surface area contributed by atoms with Crippen molar-refractivity contribution in [1.82, 2.24) is 4.72 Å². The molecule has 0 aliphatic carbocycles. The monoisotopic (exact) mass is 435 g/mol. The van der Waals surface area contributed by atoms with Crippen LogP contribution in [0.1, 0.15) is 22.4 Å². The average molecular weight is 436 g/mol. The van der Waals surface area contributed by atoms with Crippen LogP contribution in [0, 0.1) is 11.8 Å². The Morgan fingerprint density at radius 1 is 1.07 bits per heavy atom. The van der Waals surface area contributed by atoms with E-state index in [1.807, 2.05) is 35.7 Å². The van der Waals surface area contributed by atoms with Gasteiger partial charge in [-0.25, -0.2) is 8.42 Å². The number of carbonyl (C=O) groups excluding carboxylic acids is 1. The predicted molar refractivity (Wildman–Crippen MR) is 118 cm³/mol. The van der Waals surface area contributed by atoms with Crippen LogP contribution in [0.15, 0.2) is 75.9 Å². The molecule has 1 amide bonds. The Kier molecular flexibility index (Phi) is 5.65. The highest BCUT2D eigenvalue weighted by molar-refractivity contribution is 7.90. The van der Waals surface area contributed by atoms with E-state index in [-0.39, 0.29) is 29.6 Å². The van der Waals surface area contributed by atoms with E-state index in [4.69, 9.17) is 0 Å². The maximum atomic E-state index is 12.3. The van der Waals surface area contributed by atoms with Gasteiger partial charge in [0, 0.05) is 23.2 Å². The Labute approximate surface area is 178 Å². The number of thiophene rings is 1. The summed E-state index contributed by atoms with van der Waals surface area (Å²) in [4.78, 5) is 17.7. The number of hydrogen-bond donors (Lipinski definition) is 2. The fourth-order valence-corrected chi connectivity index (χ4v) is 4.72. The van der Waals surface area contributed by atoms with Crippen molar-refractivity contribution in [3.8, 4) is 11.8 Å². The van der Waals surface area contributed by atoms with Gasteiger partial charge < -0.3 is 5.32 Å². The highest BCUT2D eigenvalue weighted by Gasteiger charge is 2.29. The quantitative estimate of drug-likeness (QED) is 0.617. The van der Waals surface area contributed by atoms with E-state index >= 15 is 0 Å². The normalized spacial score (nSPS) is 15.0. The van der Waals surface area contributed by atoms with E-state index in [2.05, 4.69) is 26.9 Å². The Balaban J connectivity index is 1.37. The number of nitrogens with one attached hydrogen (secondary N) is 2. The zero-order valence-corrected chi connectivity index (χ0v) is 17.4. The van der Waals surface area contributed by atoms with Gasteiger partial charge in [0.25, 0.3) is 10.0 Å². The standard InChI is InChI=1S/C22H17N3O3S2/c26-21(12-13-23-22-19-8-1-2-9-20(19)30(27,28)25-22)24-17-6-3-5-16(15-17)10-11-18-7-4-14-29-18/h1-9,14-15H,12-13H2,(H,23,25)(H,24,26). The van der Waals surface area contributed by atoms with E-state index in [1.54, 1.807) is 35.6 Å². The number of amides is 1. The fourth-order valence-electron chi connectivity index (χ4n) is 2.90. The van der Waals surface area contributed by atoms with Gasteiger partial charge in [-0.2, -0.15) is 0 Å². The molecule has 150 valence electrons. The summed E-state index contributed by atoms with van der Waals surface area (Å²) in [5.74, 6) is 6.22. The SMILES string of the molecule is O=C(CCN=C1NS(=O)(=O)c2ccccc21)Nc1cccc(C#Cc2cccs2)c1. The zero-order chi connectivity index (χ0) is 21.0. The van der Waals surface area contributed by atoms with Crippen LogP contribution < -0.4 is 10.0 Å². The molecule has 1 aliphatic rings. The molecular weight excluding hydrogens is 418 g/mol. The molecule has 0 saturated heterocycles. The molecule has 4 rings (SSSR count). The molecule has 0 fully saturated rings. The molecule has 3 aromatic rings. The van der Waals surface area contributed by atoms with E-state index in [9.17, 15) is 13.2 Å². The third kappa shape index (κ3) is 4.59. The minimum absolute atomic E-state index is 0.124. The van der Waals surface area contributed by atoms with Crippen LogP contribution in [-0.2, 0) is 14.8 Å². The molecule has 0 unspecified atom stereocenters. The van der Waals surface area contributed by atoms with Crippen LogP contribution in [0.4, 0.5) is 5.69 Å². The average Bonchev–Trinajstić information content (AvgIpc) is 3.33. The first-order chi connectivity index (χ1) is 14.5. The number of sulfonamides is 1. The maximum absolute atomic E-state index is 12.3. The molecule has 0 radical (unpaired) electrons. The Morgan fingerprint density at radius 3 is 2.77 bits per heavy atom. The number of anilines is 1. The van der Waals surface area contributed by atoms with E-state index < -0.39 is 10.0 Å². The van der Waals surface area contributed by atoms with Gasteiger partial charge in [-0.1, -0.05) is 36.1 Å². The summed E-state index contributed by atoms with van der Waals surface area (Å²) in [5.41, 5.74) is 1.98. The molecule has 2 aromatic carbocycles.